The summed E-state index contributed by atoms with van der Waals surface area (Å²) in [6, 6.07) is 0. The fourth-order valence-electron chi connectivity index (χ4n) is 0.341. The molecule has 4 heteroatoms. The second-order valence-corrected chi connectivity index (χ2v) is 3.69. The summed E-state index contributed by atoms with van der Waals surface area (Å²) in [6.07, 6.45) is 2.73. The zero-order valence-corrected chi connectivity index (χ0v) is 6.40. The first-order valence-corrected chi connectivity index (χ1v) is 4.53. The van der Waals surface area contributed by atoms with Crippen molar-refractivity contribution in [2.24, 2.45) is 0 Å². The number of hydrogen-bond donors (Lipinski definition) is 1. The van der Waals surface area contributed by atoms with Gasteiger partial charge in [0, 0.05) is 18.2 Å². The van der Waals surface area contributed by atoms with Gasteiger partial charge in [-0.2, -0.15) is 0 Å². The summed E-state index contributed by atoms with van der Waals surface area (Å²) in [7, 11) is -1.16. The molecule has 0 aromatic carbocycles. The minimum Gasteiger partial charge on any atom is -0.316 e. The molecule has 0 aromatic rings. The molecule has 0 aliphatic rings. The molecular weight excluding hydrogens is 138 g/mol. The van der Waals surface area contributed by atoms with Crippen LogP contribution in [0.5, 0.6) is 0 Å². The molecule has 0 saturated heterocycles. The van der Waals surface area contributed by atoms with Crippen molar-refractivity contribution in [3.05, 3.63) is 11.5 Å². The summed E-state index contributed by atoms with van der Waals surface area (Å²) in [6.45, 7) is 0.590. The number of likely N-dealkylation sites (N-methyl/N-ethyl adjacent to an activating group) is 1. The highest BCUT2D eigenvalue weighted by molar-refractivity contribution is 7.93. The second-order valence-electron chi connectivity index (χ2n) is 1.76. The Kier molecular flexibility index (Phi) is 3.49. The van der Waals surface area contributed by atoms with Gasteiger partial charge in [0.05, 0.1) is 0 Å². The molecule has 0 aliphatic heterocycles. The van der Waals surface area contributed by atoms with E-state index in [0.29, 0.717) is 6.54 Å². The van der Waals surface area contributed by atoms with Gasteiger partial charge in [-0.3, -0.25) is 0 Å². The molecule has 1 N–H and O–H groups in total. The maximum atomic E-state index is 10.4. The zero-order chi connectivity index (χ0) is 7.33. The van der Waals surface area contributed by atoms with E-state index < -0.39 is 9.84 Å². The highest BCUT2D eigenvalue weighted by Gasteiger charge is 1.89. The van der Waals surface area contributed by atoms with Gasteiger partial charge in [0.25, 0.3) is 0 Å². The molecule has 0 spiro atoms. The molecule has 0 unspecified atom stereocenters. The largest absolute Gasteiger partial charge is 0.316 e. The van der Waals surface area contributed by atoms with E-state index in [9.17, 15) is 8.42 Å². The molecule has 0 aliphatic carbocycles. The molecule has 0 fully saturated rings. The van der Waals surface area contributed by atoms with E-state index in [0.717, 1.165) is 0 Å². The lowest BCUT2D eigenvalue weighted by molar-refractivity contribution is 0.610. The molecule has 9 heavy (non-hydrogen) atoms. The zero-order valence-electron chi connectivity index (χ0n) is 5.59. The fraction of sp³-hybridized carbons (Fsp3) is 0.600. The van der Waals surface area contributed by atoms with E-state index in [1.807, 2.05) is 0 Å². The Bertz CT molecular complexity index is 181. The number of hydrogen-bond acceptors (Lipinski definition) is 3. The highest BCUT2D eigenvalue weighted by Crippen LogP contribution is 1.82. The molecule has 0 radical (unpaired) electrons. The molecule has 0 atom stereocenters. The first-order chi connectivity index (χ1) is 4.06. The SMILES string of the molecule is CNC/C=C/S(C)(=O)=O. The van der Waals surface area contributed by atoms with Crippen molar-refractivity contribution in [2.75, 3.05) is 19.8 Å². The third-order valence-corrected chi connectivity index (χ3v) is 1.35. The molecule has 3 nitrogen and oxygen atoms in total. The third kappa shape index (κ3) is 7.65. The second kappa shape index (κ2) is 3.63. The average Bonchev–Trinajstić information content (AvgIpc) is 1.63. The van der Waals surface area contributed by atoms with E-state index in [-0.39, 0.29) is 0 Å². The first kappa shape index (κ1) is 8.65. The number of sulfone groups is 1. The van der Waals surface area contributed by atoms with Crippen LogP contribution < -0.4 is 5.32 Å². The van der Waals surface area contributed by atoms with Crippen molar-refractivity contribution in [1.29, 1.82) is 0 Å². The average molecular weight is 149 g/mol. The Morgan fingerprint density at radius 1 is 1.56 bits per heavy atom. The summed E-state index contributed by atoms with van der Waals surface area (Å²) in [4.78, 5) is 0. The predicted molar refractivity (Wildman–Crippen MR) is 37.9 cm³/mol. The minimum absolute atomic E-state index is 0.590. The van der Waals surface area contributed by atoms with Gasteiger partial charge in [-0.1, -0.05) is 6.08 Å². The van der Waals surface area contributed by atoms with E-state index in [2.05, 4.69) is 5.32 Å². The lowest BCUT2D eigenvalue weighted by atomic mass is 10.6. The standard InChI is InChI=1S/C5H11NO2S/c1-6-4-3-5-9(2,7)8/h3,5-6H,4H2,1-2H3/b5-3+. The van der Waals surface area contributed by atoms with Crippen molar-refractivity contribution < 1.29 is 8.42 Å². The van der Waals surface area contributed by atoms with Crippen LogP contribution in [0.1, 0.15) is 0 Å². The van der Waals surface area contributed by atoms with Crippen LogP contribution in [0.25, 0.3) is 0 Å². The van der Waals surface area contributed by atoms with Gasteiger partial charge in [-0.25, -0.2) is 8.42 Å². The number of nitrogens with one attached hydrogen (secondary N) is 1. The van der Waals surface area contributed by atoms with Crippen LogP contribution in [0.3, 0.4) is 0 Å². The van der Waals surface area contributed by atoms with Crippen LogP contribution in [0.4, 0.5) is 0 Å². The Morgan fingerprint density at radius 3 is 2.44 bits per heavy atom. The van der Waals surface area contributed by atoms with Gasteiger partial charge < -0.3 is 5.32 Å². The molecule has 0 bridgehead atoms. The molecular formula is C5H11NO2S. The smallest absolute Gasteiger partial charge is 0.168 e. The minimum atomic E-state index is -2.92. The van der Waals surface area contributed by atoms with Crippen molar-refractivity contribution in [1.82, 2.24) is 5.32 Å². The lowest BCUT2D eigenvalue weighted by Gasteiger charge is -1.86. The Hall–Kier alpha value is -0.350. The van der Waals surface area contributed by atoms with Crippen LogP contribution in [0, 0.1) is 0 Å². The van der Waals surface area contributed by atoms with Crippen molar-refractivity contribution in [2.45, 2.75) is 0 Å². The highest BCUT2D eigenvalue weighted by atomic mass is 32.2. The van der Waals surface area contributed by atoms with E-state index in [1.165, 1.54) is 11.7 Å². The van der Waals surface area contributed by atoms with Gasteiger partial charge in [-0.05, 0) is 7.05 Å². The molecule has 0 rings (SSSR count). The fourth-order valence-corrected chi connectivity index (χ4v) is 0.787. The van der Waals surface area contributed by atoms with Crippen LogP contribution in [0.2, 0.25) is 0 Å². The van der Waals surface area contributed by atoms with Gasteiger partial charge >= 0.3 is 0 Å². The first-order valence-electron chi connectivity index (χ1n) is 2.57. The van der Waals surface area contributed by atoms with Crippen molar-refractivity contribution in [3.8, 4) is 0 Å². The normalized spacial score (nSPS) is 12.7. The molecule has 54 valence electrons. The van der Waals surface area contributed by atoms with Gasteiger partial charge in [0.2, 0.25) is 0 Å². The summed E-state index contributed by atoms with van der Waals surface area (Å²) >= 11 is 0. The Labute approximate surface area is 55.7 Å². The van der Waals surface area contributed by atoms with Crippen molar-refractivity contribution in [3.63, 3.8) is 0 Å². The van der Waals surface area contributed by atoms with Crippen LogP contribution >= 0.6 is 0 Å². The summed E-state index contributed by atoms with van der Waals surface area (Å²) in [5.41, 5.74) is 0. The summed E-state index contributed by atoms with van der Waals surface area (Å²) in [5, 5.41) is 3.97. The molecule has 0 amide bonds. The van der Waals surface area contributed by atoms with Crippen LogP contribution in [-0.4, -0.2) is 28.3 Å². The predicted octanol–water partition coefficient (Wildman–Crippen LogP) is -0.236. The van der Waals surface area contributed by atoms with Gasteiger partial charge in [0.15, 0.2) is 9.84 Å². The van der Waals surface area contributed by atoms with E-state index in [1.54, 1.807) is 13.1 Å². The summed E-state index contributed by atoms with van der Waals surface area (Å²) in [5.74, 6) is 0. The lowest BCUT2D eigenvalue weighted by Crippen LogP contribution is -2.04. The van der Waals surface area contributed by atoms with Crippen LogP contribution in [0.15, 0.2) is 11.5 Å². The molecule has 0 heterocycles. The van der Waals surface area contributed by atoms with Gasteiger partial charge in [0.1, 0.15) is 0 Å². The number of rotatable bonds is 3. The molecule has 0 saturated carbocycles. The Balaban J connectivity index is 3.73. The third-order valence-electron chi connectivity index (χ3n) is 0.665. The molecule has 0 aromatic heterocycles. The maximum absolute atomic E-state index is 10.4. The van der Waals surface area contributed by atoms with Crippen LogP contribution in [-0.2, 0) is 9.84 Å². The monoisotopic (exact) mass is 149 g/mol. The quantitative estimate of drug-likeness (QED) is 0.602. The topological polar surface area (TPSA) is 46.2 Å². The Morgan fingerprint density at radius 2 is 2.11 bits per heavy atom. The van der Waals surface area contributed by atoms with E-state index >= 15 is 0 Å². The maximum Gasteiger partial charge on any atom is 0.168 e. The van der Waals surface area contributed by atoms with Crippen molar-refractivity contribution >= 4 is 9.84 Å². The summed E-state index contributed by atoms with van der Waals surface area (Å²) < 4.78 is 20.8. The van der Waals surface area contributed by atoms with E-state index in [4.69, 9.17) is 0 Å². The van der Waals surface area contributed by atoms with Gasteiger partial charge in [-0.15, -0.1) is 0 Å².